The summed E-state index contributed by atoms with van der Waals surface area (Å²) in [5.41, 5.74) is -0.418. The summed E-state index contributed by atoms with van der Waals surface area (Å²) < 4.78 is 20.3. The Bertz CT molecular complexity index is 650. The zero-order valence-electron chi connectivity index (χ0n) is 16.8. The second kappa shape index (κ2) is 8.91. The van der Waals surface area contributed by atoms with E-state index in [-0.39, 0.29) is 12.4 Å². The van der Waals surface area contributed by atoms with Crippen LogP contribution in [0.15, 0.2) is 30.3 Å². The molecule has 5 nitrogen and oxygen atoms in total. The van der Waals surface area contributed by atoms with E-state index in [1.807, 2.05) is 51.1 Å². The van der Waals surface area contributed by atoms with Crippen LogP contribution in [-0.2, 0) is 25.3 Å². The van der Waals surface area contributed by atoms with Crippen LogP contribution < -0.4 is 4.72 Å². The van der Waals surface area contributed by atoms with Crippen molar-refractivity contribution in [2.45, 2.75) is 59.3 Å². The fourth-order valence-corrected chi connectivity index (χ4v) is 3.47. The van der Waals surface area contributed by atoms with Crippen molar-refractivity contribution in [2.24, 2.45) is 11.3 Å². The average molecular weight is 382 g/mol. The summed E-state index contributed by atoms with van der Waals surface area (Å²) in [5, 5.41) is 0. The molecule has 26 heavy (non-hydrogen) atoms. The van der Waals surface area contributed by atoms with Gasteiger partial charge < -0.3 is 4.74 Å². The minimum Gasteiger partial charge on any atom is -0.465 e. The lowest BCUT2D eigenvalue weighted by molar-refractivity contribution is -0.159. The summed E-state index contributed by atoms with van der Waals surface area (Å²) in [7, 11) is -1.36. The molecule has 0 radical (unpaired) electrons. The van der Waals surface area contributed by atoms with Crippen molar-refractivity contribution in [1.29, 1.82) is 0 Å². The average Bonchev–Trinajstić information content (AvgIpc) is 2.58. The van der Waals surface area contributed by atoms with E-state index in [0.717, 1.165) is 5.56 Å². The molecule has 0 saturated heterocycles. The first kappa shape index (κ1) is 22.5. The molecule has 6 heteroatoms. The van der Waals surface area contributed by atoms with Crippen LogP contribution in [0.5, 0.6) is 0 Å². The summed E-state index contributed by atoms with van der Waals surface area (Å²) >= 11 is 0. The fourth-order valence-electron chi connectivity index (χ4n) is 2.54. The monoisotopic (exact) mass is 381 g/mol. The quantitative estimate of drug-likeness (QED) is 0.552. The number of hydrogen-bond donors (Lipinski definition) is 1. The smallest absolute Gasteiger partial charge is 0.319 e. The van der Waals surface area contributed by atoms with Crippen LogP contribution in [0, 0.1) is 11.3 Å². The lowest BCUT2D eigenvalue weighted by Crippen LogP contribution is -2.45. The van der Waals surface area contributed by atoms with Crippen LogP contribution in [0.3, 0.4) is 0 Å². The highest BCUT2D eigenvalue weighted by molar-refractivity contribution is 7.84. The van der Waals surface area contributed by atoms with Crippen LogP contribution in [0.25, 0.3) is 0 Å². The summed E-state index contributed by atoms with van der Waals surface area (Å²) in [6.07, 6.45) is 0. The number of Topliss-reactive ketones (excluding diaryl/α,β-unsaturated/α-hetero) is 1. The molecule has 0 amide bonds. The van der Waals surface area contributed by atoms with Crippen molar-refractivity contribution in [3.05, 3.63) is 35.9 Å². The second-order valence-corrected chi connectivity index (χ2v) is 9.88. The number of hydrogen-bond acceptors (Lipinski definition) is 4. The van der Waals surface area contributed by atoms with Gasteiger partial charge in [-0.2, -0.15) is 0 Å². The Morgan fingerprint density at radius 2 is 1.65 bits per heavy atom. The molecule has 1 aromatic carbocycles. The van der Waals surface area contributed by atoms with Gasteiger partial charge in [0.2, 0.25) is 0 Å². The van der Waals surface area contributed by atoms with Gasteiger partial charge in [0.1, 0.15) is 5.41 Å². The van der Waals surface area contributed by atoms with Crippen molar-refractivity contribution in [2.75, 3.05) is 6.61 Å². The molecule has 3 atom stereocenters. The topological polar surface area (TPSA) is 72.5 Å². The molecule has 1 rings (SSSR count). The molecule has 0 aromatic heterocycles. The molecule has 1 unspecified atom stereocenters. The number of benzene rings is 1. The van der Waals surface area contributed by atoms with E-state index in [9.17, 15) is 13.8 Å². The van der Waals surface area contributed by atoms with Crippen LogP contribution in [0.4, 0.5) is 0 Å². The highest BCUT2D eigenvalue weighted by atomic mass is 32.2. The first-order valence-electron chi connectivity index (χ1n) is 8.87. The summed E-state index contributed by atoms with van der Waals surface area (Å²) in [6.45, 7) is 12.4. The van der Waals surface area contributed by atoms with Gasteiger partial charge in [-0.25, -0.2) is 8.93 Å². The van der Waals surface area contributed by atoms with Gasteiger partial charge in [0.05, 0.1) is 28.4 Å². The van der Waals surface area contributed by atoms with E-state index in [1.54, 1.807) is 27.7 Å². The number of ether oxygens (including phenoxy) is 1. The second-order valence-electron chi connectivity index (χ2n) is 7.89. The molecular weight excluding hydrogens is 350 g/mol. The number of esters is 1. The molecule has 0 heterocycles. The highest BCUT2D eigenvalue weighted by Crippen LogP contribution is 2.32. The number of rotatable bonds is 8. The summed E-state index contributed by atoms with van der Waals surface area (Å²) in [4.78, 5) is 25.3. The molecule has 0 aliphatic carbocycles. The minimum absolute atomic E-state index is 0.221. The maximum atomic E-state index is 13.1. The van der Waals surface area contributed by atoms with Gasteiger partial charge in [0, 0.05) is 5.92 Å². The SMILES string of the molecule is CCOC(=O)C(C)(C)C(=O)[C@@H](C)[C@@H](NS(=O)C(C)(C)C)c1ccccc1. The molecule has 1 N–H and O–H groups in total. The largest absolute Gasteiger partial charge is 0.465 e. The first-order chi connectivity index (χ1) is 11.9. The number of nitrogens with one attached hydrogen (secondary N) is 1. The van der Waals surface area contributed by atoms with Crippen molar-refractivity contribution < 1.29 is 18.5 Å². The van der Waals surface area contributed by atoms with Crippen LogP contribution in [0.1, 0.15) is 60.1 Å². The van der Waals surface area contributed by atoms with Gasteiger partial charge in [0.25, 0.3) is 0 Å². The van der Waals surface area contributed by atoms with E-state index in [4.69, 9.17) is 4.74 Å². The standard InChI is InChI=1S/C20H31NO4S/c1-8-25-18(23)20(6,7)17(22)14(2)16(15-12-10-9-11-13-15)21-26(24)19(3,4)5/h9-14,16,21H,8H2,1-7H3/t14-,16+,26?/m0/s1. The van der Waals surface area contributed by atoms with Gasteiger partial charge in [-0.15, -0.1) is 0 Å². The van der Waals surface area contributed by atoms with Crippen molar-refractivity contribution in [3.63, 3.8) is 0 Å². The molecule has 0 aliphatic rings. The van der Waals surface area contributed by atoms with E-state index >= 15 is 0 Å². The highest BCUT2D eigenvalue weighted by Gasteiger charge is 2.43. The molecule has 1 aromatic rings. The number of ketones is 1. The predicted molar refractivity (Wildman–Crippen MR) is 105 cm³/mol. The number of carbonyl (C=O) groups is 2. The molecule has 0 saturated carbocycles. The third-order valence-electron chi connectivity index (χ3n) is 4.26. The van der Waals surface area contributed by atoms with E-state index in [1.165, 1.54) is 0 Å². The lowest BCUT2D eigenvalue weighted by atomic mass is 9.78. The molecule has 0 bridgehead atoms. The summed E-state index contributed by atoms with van der Waals surface area (Å²) in [6, 6.07) is 8.93. The Morgan fingerprint density at radius 3 is 2.12 bits per heavy atom. The minimum atomic E-state index is -1.36. The van der Waals surface area contributed by atoms with Crippen molar-refractivity contribution in [3.8, 4) is 0 Å². The molecule has 0 aliphatic heterocycles. The Balaban J connectivity index is 3.19. The Hall–Kier alpha value is -1.53. The maximum absolute atomic E-state index is 13.1. The molecule has 0 spiro atoms. The third kappa shape index (κ3) is 5.48. The molecule has 0 fully saturated rings. The van der Waals surface area contributed by atoms with Gasteiger partial charge in [-0.3, -0.25) is 9.59 Å². The Kier molecular flexibility index (Phi) is 7.71. The van der Waals surface area contributed by atoms with Crippen LogP contribution in [0.2, 0.25) is 0 Å². The van der Waals surface area contributed by atoms with Crippen molar-refractivity contribution >= 4 is 22.7 Å². The van der Waals surface area contributed by atoms with Gasteiger partial charge >= 0.3 is 5.97 Å². The van der Waals surface area contributed by atoms with Gasteiger partial charge in [-0.05, 0) is 47.1 Å². The van der Waals surface area contributed by atoms with Crippen molar-refractivity contribution in [1.82, 2.24) is 4.72 Å². The van der Waals surface area contributed by atoms with E-state index in [2.05, 4.69) is 4.72 Å². The van der Waals surface area contributed by atoms with Gasteiger partial charge in [-0.1, -0.05) is 37.3 Å². The molecule has 146 valence electrons. The van der Waals surface area contributed by atoms with Gasteiger partial charge in [0.15, 0.2) is 5.78 Å². The van der Waals surface area contributed by atoms with Crippen LogP contribution >= 0.6 is 0 Å². The zero-order chi connectivity index (χ0) is 20.1. The van der Waals surface area contributed by atoms with Crippen LogP contribution in [-0.4, -0.2) is 27.3 Å². The zero-order valence-corrected chi connectivity index (χ0v) is 17.6. The van der Waals surface area contributed by atoms with E-state index in [0.29, 0.717) is 0 Å². The molecular formula is C20H31NO4S. The van der Waals surface area contributed by atoms with E-state index < -0.39 is 39.1 Å². The first-order valence-corrected chi connectivity index (χ1v) is 10.0. The Labute approximate surface area is 159 Å². The Morgan fingerprint density at radius 1 is 1.12 bits per heavy atom. The normalized spacial score (nSPS) is 15.8. The maximum Gasteiger partial charge on any atom is 0.319 e. The third-order valence-corrected chi connectivity index (χ3v) is 5.84. The number of carbonyl (C=O) groups excluding carboxylic acids is 2. The predicted octanol–water partition coefficient (Wildman–Crippen LogP) is 3.57. The fraction of sp³-hybridized carbons (Fsp3) is 0.600. The summed E-state index contributed by atoms with van der Waals surface area (Å²) in [5.74, 6) is -1.35. The lowest BCUT2D eigenvalue weighted by Gasteiger charge is -2.32.